The van der Waals surface area contributed by atoms with Gasteiger partial charge in [-0.25, -0.2) is 4.79 Å². The molecule has 0 spiro atoms. The smallest absolute Gasteiger partial charge is 0.326 e. The van der Waals surface area contributed by atoms with Gasteiger partial charge in [-0.1, -0.05) is 12.1 Å². The first-order valence-electron chi connectivity index (χ1n) is 11.8. The highest BCUT2D eigenvalue weighted by atomic mass is 32.2. The molecule has 0 aliphatic rings. The molecule has 1 aromatic carbocycles. The van der Waals surface area contributed by atoms with Gasteiger partial charge in [0.15, 0.2) is 5.96 Å². The van der Waals surface area contributed by atoms with Crippen LogP contribution in [0.3, 0.4) is 0 Å². The number of carboxylic acids is 1. The van der Waals surface area contributed by atoms with E-state index < -0.39 is 47.9 Å². The van der Waals surface area contributed by atoms with Crippen molar-refractivity contribution < 1.29 is 29.4 Å². The summed E-state index contributed by atoms with van der Waals surface area (Å²) >= 11 is 5.47. The van der Waals surface area contributed by atoms with Crippen molar-refractivity contribution in [1.82, 2.24) is 16.0 Å². The van der Waals surface area contributed by atoms with Gasteiger partial charge in [0.05, 0.1) is 6.04 Å². The molecule has 1 rings (SSSR count). The fourth-order valence-corrected chi connectivity index (χ4v) is 3.89. The summed E-state index contributed by atoms with van der Waals surface area (Å²) in [5.74, 6) is -2.67. The van der Waals surface area contributed by atoms with E-state index in [9.17, 15) is 29.4 Å². The van der Waals surface area contributed by atoms with Crippen molar-refractivity contribution in [2.24, 2.45) is 22.2 Å². The standard InChI is InChI=1S/C23H37N7O6S2/c1-38-10-8-17(28-19(32)15(24)12-37)21(34)29-16(3-2-9-27-23(25)26)20(33)30-18(22(35)36)11-13-4-6-14(31)7-5-13/h4-7,15-18,31,37H,2-3,8-12,24H2,1H3,(H,28,32)(H,29,34)(H,30,33)(H,35,36)(H4,25,26,27). The summed E-state index contributed by atoms with van der Waals surface area (Å²) < 4.78 is 0. The maximum atomic E-state index is 13.1. The summed E-state index contributed by atoms with van der Waals surface area (Å²) in [4.78, 5) is 54.3. The fourth-order valence-electron chi connectivity index (χ4n) is 3.25. The number of thiol groups is 1. The lowest BCUT2D eigenvalue weighted by Gasteiger charge is -2.25. The second kappa shape index (κ2) is 17.4. The number of thioether (sulfide) groups is 1. The summed E-state index contributed by atoms with van der Waals surface area (Å²) in [5.41, 5.74) is 17.0. The maximum absolute atomic E-state index is 13.1. The largest absolute Gasteiger partial charge is 0.508 e. The van der Waals surface area contributed by atoms with Gasteiger partial charge >= 0.3 is 5.97 Å². The average molecular weight is 572 g/mol. The van der Waals surface area contributed by atoms with E-state index >= 15 is 0 Å². The van der Waals surface area contributed by atoms with Crippen molar-refractivity contribution in [2.45, 2.75) is 49.9 Å². The number of benzene rings is 1. The molecular formula is C23H37N7O6S2. The molecule has 15 heteroatoms. The van der Waals surface area contributed by atoms with Gasteiger partial charge in [-0.3, -0.25) is 19.4 Å². The predicted octanol–water partition coefficient (Wildman–Crippen LogP) is -1.46. The van der Waals surface area contributed by atoms with Crippen LogP contribution in [-0.4, -0.2) is 88.3 Å². The van der Waals surface area contributed by atoms with Crippen LogP contribution >= 0.6 is 24.4 Å². The van der Waals surface area contributed by atoms with Crippen LogP contribution in [0.25, 0.3) is 0 Å². The second-order valence-electron chi connectivity index (χ2n) is 8.41. The van der Waals surface area contributed by atoms with Crippen molar-refractivity contribution in [3.63, 3.8) is 0 Å². The molecule has 38 heavy (non-hydrogen) atoms. The number of nitrogens with two attached hydrogens (primary N) is 3. The van der Waals surface area contributed by atoms with E-state index in [0.29, 0.717) is 17.7 Å². The Balaban J connectivity index is 3.05. The third-order valence-electron chi connectivity index (χ3n) is 5.35. The zero-order valence-corrected chi connectivity index (χ0v) is 22.8. The Labute approximate surface area is 231 Å². The van der Waals surface area contributed by atoms with E-state index in [1.54, 1.807) is 12.1 Å². The third kappa shape index (κ3) is 12.4. The van der Waals surface area contributed by atoms with E-state index in [1.807, 2.05) is 6.26 Å². The van der Waals surface area contributed by atoms with Crippen molar-refractivity contribution in [3.8, 4) is 5.75 Å². The number of rotatable bonds is 17. The number of phenolic OH excluding ortho intramolecular Hbond substituents is 1. The van der Waals surface area contributed by atoms with Crippen molar-refractivity contribution in [1.29, 1.82) is 0 Å². The van der Waals surface area contributed by atoms with Gasteiger partial charge in [0, 0.05) is 18.7 Å². The minimum absolute atomic E-state index is 0.0201. The molecule has 0 aliphatic carbocycles. The molecular weight excluding hydrogens is 534 g/mol. The number of guanidine groups is 1. The number of amides is 3. The molecule has 0 bridgehead atoms. The Morgan fingerprint density at radius 3 is 2.05 bits per heavy atom. The zero-order valence-electron chi connectivity index (χ0n) is 21.1. The molecule has 3 amide bonds. The number of carbonyl (C=O) groups is 4. The minimum Gasteiger partial charge on any atom is -0.508 e. The molecule has 0 aromatic heterocycles. The molecule has 13 nitrogen and oxygen atoms in total. The number of nitrogens with zero attached hydrogens (tertiary/aromatic N) is 1. The Bertz CT molecular complexity index is 960. The molecule has 0 fully saturated rings. The van der Waals surface area contributed by atoms with Crippen LogP contribution in [0, 0.1) is 0 Å². The first kappa shape index (κ1) is 32.9. The maximum Gasteiger partial charge on any atom is 0.326 e. The van der Waals surface area contributed by atoms with Crippen molar-refractivity contribution in [2.75, 3.05) is 24.3 Å². The van der Waals surface area contributed by atoms with Gasteiger partial charge in [0.2, 0.25) is 17.7 Å². The molecule has 4 unspecified atom stereocenters. The third-order valence-corrected chi connectivity index (χ3v) is 6.38. The number of phenols is 1. The van der Waals surface area contributed by atoms with E-state index in [1.165, 1.54) is 23.9 Å². The van der Waals surface area contributed by atoms with E-state index in [-0.39, 0.29) is 43.3 Å². The number of aliphatic imine (C=N–C) groups is 1. The number of nitrogens with one attached hydrogen (secondary N) is 3. The van der Waals surface area contributed by atoms with E-state index in [4.69, 9.17) is 17.2 Å². The summed E-state index contributed by atoms with van der Waals surface area (Å²) in [5, 5.41) is 26.8. The first-order chi connectivity index (χ1) is 18.0. The molecule has 0 saturated carbocycles. The Morgan fingerprint density at radius 1 is 0.974 bits per heavy atom. The molecule has 0 radical (unpaired) electrons. The normalized spacial score (nSPS) is 13.9. The van der Waals surface area contributed by atoms with Crippen molar-refractivity contribution >= 4 is 54.0 Å². The predicted molar refractivity (Wildman–Crippen MR) is 150 cm³/mol. The summed E-state index contributed by atoms with van der Waals surface area (Å²) in [6.45, 7) is 0.182. The quantitative estimate of drug-likeness (QED) is 0.0456. The summed E-state index contributed by atoms with van der Waals surface area (Å²) in [6, 6.07) is 1.58. The monoisotopic (exact) mass is 571 g/mol. The molecule has 11 N–H and O–H groups in total. The average Bonchev–Trinajstić information content (AvgIpc) is 2.87. The van der Waals surface area contributed by atoms with Crippen LogP contribution in [0.5, 0.6) is 5.75 Å². The Morgan fingerprint density at radius 2 is 1.53 bits per heavy atom. The lowest BCUT2D eigenvalue weighted by molar-refractivity contribution is -0.142. The Kier molecular flexibility index (Phi) is 15.0. The molecule has 0 heterocycles. The van der Waals surface area contributed by atoms with Crippen LogP contribution in [0.2, 0.25) is 0 Å². The number of aromatic hydroxyl groups is 1. The zero-order chi connectivity index (χ0) is 28.7. The number of carbonyl (C=O) groups excluding carboxylic acids is 3. The van der Waals surface area contributed by atoms with Crippen LogP contribution in [0.4, 0.5) is 0 Å². The minimum atomic E-state index is -1.30. The molecule has 1 aromatic rings. The number of carboxylic acid groups (broad SMARTS) is 1. The number of hydrogen-bond acceptors (Lipinski definition) is 9. The van der Waals surface area contributed by atoms with Crippen LogP contribution < -0.4 is 33.2 Å². The van der Waals surface area contributed by atoms with Crippen LogP contribution in [0.1, 0.15) is 24.8 Å². The lowest BCUT2D eigenvalue weighted by Crippen LogP contribution is -2.57. The van der Waals surface area contributed by atoms with Gasteiger partial charge in [-0.05, 0) is 49.0 Å². The molecule has 4 atom stereocenters. The molecule has 0 saturated heterocycles. The highest BCUT2D eigenvalue weighted by Gasteiger charge is 2.30. The SMILES string of the molecule is CSCCC(NC(=O)C(N)CS)C(=O)NC(CCCN=C(N)N)C(=O)NC(Cc1ccc(O)cc1)C(=O)O. The van der Waals surface area contributed by atoms with Gasteiger partial charge < -0.3 is 43.4 Å². The summed E-state index contributed by atoms with van der Waals surface area (Å²) in [7, 11) is 0. The lowest BCUT2D eigenvalue weighted by atomic mass is 10.0. The van der Waals surface area contributed by atoms with Gasteiger partial charge in [-0.2, -0.15) is 24.4 Å². The van der Waals surface area contributed by atoms with Crippen LogP contribution in [-0.2, 0) is 25.6 Å². The van der Waals surface area contributed by atoms with E-state index in [2.05, 4.69) is 33.6 Å². The van der Waals surface area contributed by atoms with Gasteiger partial charge in [0.1, 0.15) is 23.9 Å². The van der Waals surface area contributed by atoms with E-state index in [0.717, 1.165) is 0 Å². The number of aliphatic carboxylic acids is 1. The number of hydrogen-bond donors (Lipinski definition) is 9. The topological polar surface area (TPSA) is 235 Å². The molecule has 0 aliphatic heterocycles. The Hall–Kier alpha value is -3.17. The van der Waals surface area contributed by atoms with Crippen LogP contribution in [0.15, 0.2) is 29.3 Å². The van der Waals surface area contributed by atoms with Crippen molar-refractivity contribution in [3.05, 3.63) is 29.8 Å². The van der Waals surface area contributed by atoms with Gasteiger partial charge in [0.25, 0.3) is 0 Å². The highest BCUT2D eigenvalue weighted by molar-refractivity contribution is 7.98. The van der Waals surface area contributed by atoms with Gasteiger partial charge in [-0.15, -0.1) is 0 Å². The fraction of sp³-hybridized carbons (Fsp3) is 0.522. The summed E-state index contributed by atoms with van der Waals surface area (Å²) in [6.07, 6.45) is 2.47. The second-order valence-corrected chi connectivity index (χ2v) is 9.76. The molecule has 212 valence electrons. The first-order valence-corrected chi connectivity index (χ1v) is 13.8. The highest BCUT2D eigenvalue weighted by Crippen LogP contribution is 2.12.